The van der Waals surface area contributed by atoms with Crippen LogP contribution in [0.15, 0.2) is 54.6 Å². The van der Waals surface area contributed by atoms with Crippen molar-refractivity contribution in [3.8, 4) is 0 Å². The van der Waals surface area contributed by atoms with Gasteiger partial charge in [-0.15, -0.1) is 0 Å². The lowest BCUT2D eigenvalue weighted by Crippen LogP contribution is -2.41. The molecule has 0 radical (unpaired) electrons. The zero-order chi connectivity index (χ0) is 19.2. The average Bonchev–Trinajstić information content (AvgIpc) is 2.60. The van der Waals surface area contributed by atoms with Gasteiger partial charge in [0.05, 0.1) is 0 Å². The van der Waals surface area contributed by atoms with Crippen molar-refractivity contribution in [2.75, 3.05) is 5.32 Å². The topological polar surface area (TPSA) is 70.2 Å². The molecule has 0 aliphatic heterocycles. The van der Waals surface area contributed by atoms with Crippen molar-refractivity contribution in [1.29, 1.82) is 0 Å². The summed E-state index contributed by atoms with van der Waals surface area (Å²) in [6.45, 7) is 5.88. The van der Waals surface area contributed by atoms with Gasteiger partial charge >= 0.3 is 0 Å². The summed E-state index contributed by atoms with van der Waals surface area (Å²) in [5.41, 5.74) is 1.64. The molecule has 136 valence electrons. The third-order valence-electron chi connectivity index (χ3n) is 3.59. The van der Waals surface area contributed by atoms with Crippen LogP contribution in [0, 0.1) is 5.41 Å². The Balaban J connectivity index is 1.95. The Morgan fingerprint density at radius 1 is 1.00 bits per heavy atom. The molecule has 2 amide bonds. The van der Waals surface area contributed by atoms with Crippen LogP contribution in [0.25, 0.3) is 0 Å². The average molecular weight is 369 g/mol. The Hall–Kier alpha value is -2.73. The van der Waals surface area contributed by atoms with E-state index in [1.54, 1.807) is 24.3 Å². The fourth-order valence-corrected chi connectivity index (χ4v) is 2.28. The van der Waals surface area contributed by atoms with Crippen LogP contribution < -0.4 is 16.0 Å². The fraction of sp³-hybridized carbons (Fsp3) is 0.250. The highest BCUT2D eigenvalue weighted by Gasteiger charge is 2.22. The maximum Gasteiger partial charge on any atom is 0.251 e. The normalized spacial score (nSPS) is 10.7. The van der Waals surface area contributed by atoms with Crippen molar-refractivity contribution < 1.29 is 9.59 Å². The van der Waals surface area contributed by atoms with E-state index in [0.29, 0.717) is 17.8 Å². The molecule has 0 atom stereocenters. The molecule has 0 aliphatic carbocycles. The van der Waals surface area contributed by atoms with E-state index in [4.69, 9.17) is 12.2 Å². The summed E-state index contributed by atoms with van der Waals surface area (Å²) >= 11 is 5.16. The van der Waals surface area contributed by atoms with E-state index in [1.807, 2.05) is 51.1 Å². The lowest BCUT2D eigenvalue weighted by molar-refractivity contribution is -0.126. The molecule has 0 saturated carbocycles. The van der Waals surface area contributed by atoms with Crippen molar-refractivity contribution >= 4 is 34.8 Å². The van der Waals surface area contributed by atoms with Crippen molar-refractivity contribution in [3.05, 3.63) is 65.7 Å². The SMILES string of the molecule is CC(C)(C)C(=O)NC(=S)Nc1cccc(C(=O)NCc2ccccc2)c1. The molecule has 0 aliphatic rings. The van der Waals surface area contributed by atoms with Crippen LogP contribution in [-0.2, 0) is 11.3 Å². The Labute approximate surface area is 159 Å². The first kappa shape index (κ1) is 19.6. The second-order valence-electron chi connectivity index (χ2n) is 6.91. The Morgan fingerprint density at radius 2 is 1.69 bits per heavy atom. The number of rotatable bonds is 4. The molecular weight excluding hydrogens is 346 g/mol. The van der Waals surface area contributed by atoms with Crippen LogP contribution in [0.5, 0.6) is 0 Å². The number of hydrogen-bond donors (Lipinski definition) is 3. The number of anilines is 1. The van der Waals surface area contributed by atoms with Crippen LogP contribution in [0.4, 0.5) is 5.69 Å². The standard InChI is InChI=1S/C20H23N3O2S/c1-20(2,3)18(25)23-19(26)22-16-11-7-10-15(12-16)17(24)21-13-14-8-5-4-6-9-14/h4-12H,13H2,1-3H3,(H,21,24)(H2,22,23,25,26). The molecule has 0 bridgehead atoms. The summed E-state index contributed by atoms with van der Waals surface area (Å²) in [6, 6.07) is 16.7. The molecular formula is C20H23N3O2S. The highest BCUT2D eigenvalue weighted by molar-refractivity contribution is 7.80. The monoisotopic (exact) mass is 369 g/mol. The fourth-order valence-electron chi connectivity index (χ4n) is 2.07. The molecule has 3 N–H and O–H groups in total. The zero-order valence-electron chi connectivity index (χ0n) is 15.1. The van der Waals surface area contributed by atoms with E-state index < -0.39 is 5.41 Å². The van der Waals surface area contributed by atoms with Gasteiger partial charge in [-0.1, -0.05) is 57.2 Å². The van der Waals surface area contributed by atoms with Gasteiger partial charge in [0.1, 0.15) is 0 Å². The van der Waals surface area contributed by atoms with E-state index in [9.17, 15) is 9.59 Å². The quantitative estimate of drug-likeness (QED) is 0.722. The second kappa shape index (κ2) is 8.58. The first-order valence-electron chi connectivity index (χ1n) is 8.30. The molecule has 2 rings (SSSR count). The minimum absolute atomic E-state index is 0.174. The van der Waals surface area contributed by atoms with Gasteiger partial charge in [0.2, 0.25) is 5.91 Å². The number of nitrogens with one attached hydrogen (secondary N) is 3. The van der Waals surface area contributed by atoms with Crippen molar-refractivity contribution in [2.45, 2.75) is 27.3 Å². The van der Waals surface area contributed by atoms with Gasteiger partial charge in [-0.25, -0.2) is 0 Å². The zero-order valence-corrected chi connectivity index (χ0v) is 15.9. The Morgan fingerprint density at radius 3 is 2.35 bits per heavy atom. The summed E-state index contributed by atoms with van der Waals surface area (Å²) < 4.78 is 0. The molecule has 5 nitrogen and oxygen atoms in total. The van der Waals surface area contributed by atoms with Crippen LogP contribution in [0.2, 0.25) is 0 Å². The predicted octanol–water partition coefficient (Wildman–Crippen LogP) is 3.48. The molecule has 0 fully saturated rings. The van der Waals surface area contributed by atoms with Crippen molar-refractivity contribution in [1.82, 2.24) is 10.6 Å². The van der Waals surface area contributed by atoms with Gasteiger partial charge in [0.15, 0.2) is 5.11 Å². The Bertz CT molecular complexity index is 798. The lowest BCUT2D eigenvalue weighted by atomic mass is 9.96. The minimum atomic E-state index is -0.537. The number of hydrogen-bond acceptors (Lipinski definition) is 3. The van der Waals surface area contributed by atoms with Crippen molar-refractivity contribution in [2.24, 2.45) is 5.41 Å². The summed E-state index contributed by atoms with van der Waals surface area (Å²) in [5.74, 6) is -0.353. The maximum atomic E-state index is 12.3. The highest BCUT2D eigenvalue weighted by atomic mass is 32.1. The lowest BCUT2D eigenvalue weighted by Gasteiger charge is -2.18. The van der Waals surface area contributed by atoms with Crippen LogP contribution in [0.3, 0.4) is 0 Å². The van der Waals surface area contributed by atoms with Gasteiger partial charge in [0, 0.05) is 23.2 Å². The highest BCUT2D eigenvalue weighted by Crippen LogP contribution is 2.14. The summed E-state index contributed by atoms with van der Waals surface area (Å²) in [7, 11) is 0. The number of thiocarbonyl (C=S) groups is 1. The second-order valence-corrected chi connectivity index (χ2v) is 7.32. The smallest absolute Gasteiger partial charge is 0.251 e. The minimum Gasteiger partial charge on any atom is -0.348 e. The molecule has 2 aromatic carbocycles. The molecule has 2 aromatic rings. The number of amides is 2. The van der Waals surface area contributed by atoms with E-state index in [2.05, 4.69) is 16.0 Å². The molecule has 6 heteroatoms. The third kappa shape index (κ3) is 5.97. The molecule has 0 saturated heterocycles. The van der Waals surface area contributed by atoms with Gasteiger partial charge in [-0.3, -0.25) is 9.59 Å². The van der Waals surface area contributed by atoms with Crippen LogP contribution in [-0.4, -0.2) is 16.9 Å². The molecule has 26 heavy (non-hydrogen) atoms. The first-order valence-corrected chi connectivity index (χ1v) is 8.71. The first-order chi connectivity index (χ1) is 12.3. The van der Waals surface area contributed by atoms with Crippen LogP contribution in [0.1, 0.15) is 36.7 Å². The van der Waals surface area contributed by atoms with E-state index in [-0.39, 0.29) is 16.9 Å². The molecule has 0 heterocycles. The summed E-state index contributed by atoms with van der Waals surface area (Å²) in [5, 5.41) is 8.66. The third-order valence-corrected chi connectivity index (χ3v) is 3.79. The predicted molar refractivity (Wildman–Crippen MR) is 108 cm³/mol. The van der Waals surface area contributed by atoms with E-state index in [1.165, 1.54) is 0 Å². The summed E-state index contributed by atoms with van der Waals surface area (Å²) in [6.07, 6.45) is 0. The van der Waals surface area contributed by atoms with Gasteiger partial charge in [0.25, 0.3) is 5.91 Å². The summed E-state index contributed by atoms with van der Waals surface area (Å²) in [4.78, 5) is 24.3. The maximum absolute atomic E-state index is 12.3. The number of carbonyl (C=O) groups excluding carboxylic acids is 2. The van der Waals surface area contributed by atoms with Crippen LogP contribution >= 0.6 is 12.2 Å². The largest absolute Gasteiger partial charge is 0.348 e. The number of carbonyl (C=O) groups is 2. The Kier molecular flexibility index (Phi) is 6.46. The van der Waals surface area contributed by atoms with Gasteiger partial charge in [-0.2, -0.15) is 0 Å². The van der Waals surface area contributed by atoms with Crippen molar-refractivity contribution in [3.63, 3.8) is 0 Å². The van der Waals surface area contributed by atoms with Gasteiger partial charge < -0.3 is 16.0 Å². The molecule has 0 spiro atoms. The van der Waals surface area contributed by atoms with E-state index in [0.717, 1.165) is 5.56 Å². The van der Waals surface area contributed by atoms with E-state index >= 15 is 0 Å². The molecule has 0 unspecified atom stereocenters. The molecule has 0 aromatic heterocycles. The van der Waals surface area contributed by atoms with Gasteiger partial charge in [-0.05, 0) is 36.0 Å². The number of benzene rings is 2.